The van der Waals surface area contributed by atoms with Gasteiger partial charge in [0, 0.05) is 14.1 Å². The average Bonchev–Trinajstić information content (AvgIpc) is 2.61. The molecule has 0 fully saturated rings. The topological polar surface area (TPSA) is 89.2 Å². The zero-order chi connectivity index (χ0) is 19.2. The summed E-state index contributed by atoms with van der Waals surface area (Å²) in [5.74, 6) is -0.423. The first-order chi connectivity index (χ1) is 12.2. The van der Waals surface area contributed by atoms with Crippen LogP contribution in [0.25, 0.3) is 10.9 Å². The quantitative estimate of drug-likeness (QED) is 0.727. The molecule has 10 heteroatoms. The maximum Gasteiger partial charge on any atom is 0.330 e. The summed E-state index contributed by atoms with van der Waals surface area (Å²) in [6, 6.07) is 5.31. The van der Waals surface area contributed by atoms with E-state index < -0.39 is 23.4 Å². The van der Waals surface area contributed by atoms with E-state index in [1.54, 1.807) is 0 Å². The average molecular weight is 383 g/mol. The van der Waals surface area contributed by atoms with Crippen molar-refractivity contribution in [2.45, 2.75) is 6.43 Å². The summed E-state index contributed by atoms with van der Waals surface area (Å²) in [5, 5.41) is 12.3. The molecule has 0 spiro atoms. The fraction of sp³-hybridized carbons (Fsp3) is 0.188. The maximum atomic E-state index is 13.2. The van der Waals surface area contributed by atoms with Crippen molar-refractivity contribution in [1.82, 2.24) is 14.1 Å². The molecule has 136 valence electrons. The summed E-state index contributed by atoms with van der Waals surface area (Å²) in [5.41, 5.74) is -1.80. The van der Waals surface area contributed by atoms with Gasteiger partial charge in [-0.05, 0) is 18.2 Å². The van der Waals surface area contributed by atoms with E-state index in [0.29, 0.717) is 0 Å². The Morgan fingerprint density at radius 3 is 2.58 bits per heavy atom. The monoisotopic (exact) mass is 382 g/mol. The van der Waals surface area contributed by atoms with Gasteiger partial charge in [-0.1, -0.05) is 17.7 Å². The van der Waals surface area contributed by atoms with Crippen LogP contribution in [0.3, 0.4) is 0 Å². The second-order valence-electron chi connectivity index (χ2n) is 5.56. The number of rotatable bonds is 3. The number of hydrogen-bond donors (Lipinski definition) is 2. The normalized spacial score (nSPS) is 11.3. The molecule has 0 amide bonds. The molecule has 0 aliphatic rings. The second-order valence-corrected chi connectivity index (χ2v) is 5.94. The minimum Gasteiger partial charge on any atom is -0.506 e. The van der Waals surface area contributed by atoms with Crippen LogP contribution in [0, 0.1) is 0 Å². The number of alkyl halides is 2. The number of halogens is 3. The molecule has 26 heavy (non-hydrogen) atoms. The van der Waals surface area contributed by atoms with Crippen LogP contribution >= 0.6 is 11.6 Å². The number of phenolic OH excluding ortho intramolecular Hbond substituents is 1. The molecule has 0 aliphatic carbocycles. The Balaban J connectivity index is 2.38. The van der Waals surface area contributed by atoms with Crippen LogP contribution in [0.4, 0.5) is 20.3 Å². The number of fused-ring (bicyclic) bond motifs is 1. The van der Waals surface area contributed by atoms with Gasteiger partial charge in [-0.25, -0.2) is 18.6 Å². The number of phenols is 1. The highest BCUT2D eigenvalue weighted by Gasteiger charge is 2.20. The van der Waals surface area contributed by atoms with Crippen molar-refractivity contribution in [3.05, 3.63) is 55.8 Å². The van der Waals surface area contributed by atoms with Crippen molar-refractivity contribution >= 4 is 34.0 Å². The summed E-state index contributed by atoms with van der Waals surface area (Å²) < 4.78 is 28.4. The molecular weight excluding hydrogens is 370 g/mol. The number of benzene rings is 1. The van der Waals surface area contributed by atoms with Gasteiger partial charge in [0.1, 0.15) is 27.7 Å². The number of nitrogens with zero attached hydrogens (tertiary/aromatic N) is 3. The van der Waals surface area contributed by atoms with Crippen molar-refractivity contribution in [3.63, 3.8) is 0 Å². The first-order valence-corrected chi connectivity index (χ1v) is 7.73. The molecule has 0 radical (unpaired) electrons. The molecule has 0 bridgehead atoms. The van der Waals surface area contributed by atoms with Crippen LogP contribution in [0.15, 0.2) is 33.9 Å². The molecule has 2 heterocycles. The van der Waals surface area contributed by atoms with Crippen molar-refractivity contribution in [1.29, 1.82) is 0 Å². The summed E-state index contributed by atoms with van der Waals surface area (Å²) in [6.07, 6.45) is -2.92. The minimum atomic E-state index is -2.92. The molecule has 2 aromatic heterocycles. The highest BCUT2D eigenvalue weighted by Crippen LogP contribution is 2.34. The Kier molecular flexibility index (Phi) is 4.41. The van der Waals surface area contributed by atoms with Crippen molar-refractivity contribution in [2.24, 2.45) is 14.1 Å². The molecule has 0 saturated heterocycles. The lowest BCUT2D eigenvalue weighted by atomic mass is 10.2. The van der Waals surface area contributed by atoms with Crippen molar-refractivity contribution in [3.8, 4) is 5.75 Å². The van der Waals surface area contributed by atoms with Crippen molar-refractivity contribution in [2.75, 3.05) is 5.32 Å². The smallest absolute Gasteiger partial charge is 0.330 e. The molecule has 7 nitrogen and oxygen atoms in total. The Hall–Kier alpha value is -2.94. The molecule has 1 aromatic carbocycles. The van der Waals surface area contributed by atoms with E-state index in [2.05, 4.69) is 10.3 Å². The zero-order valence-corrected chi connectivity index (χ0v) is 14.4. The summed E-state index contributed by atoms with van der Waals surface area (Å²) in [7, 11) is 2.64. The number of aryl methyl sites for hydroxylation is 1. The van der Waals surface area contributed by atoms with Gasteiger partial charge in [-0.3, -0.25) is 13.9 Å². The Morgan fingerprint density at radius 1 is 1.23 bits per heavy atom. The molecule has 0 aliphatic heterocycles. The Morgan fingerprint density at radius 2 is 1.92 bits per heavy atom. The molecule has 3 aromatic rings. The van der Waals surface area contributed by atoms with Gasteiger partial charge in [0.2, 0.25) is 0 Å². The molecule has 0 unspecified atom stereocenters. The van der Waals surface area contributed by atoms with Gasteiger partial charge in [0.25, 0.3) is 12.0 Å². The second kappa shape index (κ2) is 6.41. The fourth-order valence-corrected chi connectivity index (χ4v) is 2.73. The standard InChI is InChI=1S/C16H13ClF2N4O3/c1-22-9-6-8(13(18)19)21-14(11(9)15(25)23(2)16(22)26)20-7-4-3-5-10(24)12(7)17/h3-6,13,24H,1-2H3,(H,20,21). The van der Waals surface area contributed by atoms with E-state index >= 15 is 0 Å². The molecule has 0 atom stereocenters. The Labute approximate surface area is 150 Å². The van der Waals surface area contributed by atoms with Gasteiger partial charge in [-0.15, -0.1) is 0 Å². The zero-order valence-electron chi connectivity index (χ0n) is 13.6. The van der Waals surface area contributed by atoms with E-state index in [4.69, 9.17) is 11.6 Å². The third kappa shape index (κ3) is 2.80. The van der Waals surface area contributed by atoms with Crippen LogP contribution in [-0.2, 0) is 14.1 Å². The number of anilines is 2. The van der Waals surface area contributed by atoms with Gasteiger partial charge in [0.15, 0.2) is 0 Å². The van der Waals surface area contributed by atoms with Crippen LogP contribution in [0.5, 0.6) is 5.75 Å². The van der Waals surface area contributed by atoms with E-state index in [-0.39, 0.29) is 33.2 Å². The lowest BCUT2D eigenvalue weighted by Crippen LogP contribution is -2.37. The third-order valence-electron chi connectivity index (χ3n) is 3.93. The minimum absolute atomic E-state index is 0.00201. The SMILES string of the molecule is Cn1c(=O)c2c(Nc3cccc(O)c3Cl)nc(C(F)F)cc2n(C)c1=O. The fourth-order valence-electron chi connectivity index (χ4n) is 2.55. The van der Waals surface area contributed by atoms with E-state index in [0.717, 1.165) is 15.2 Å². The predicted octanol–water partition coefficient (Wildman–Crippen LogP) is 2.67. The molecular formula is C16H13ClF2N4O3. The van der Waals surface area contributed by atoms with Gasteiger partial charge < -0.3 is 10.4 Å². The van der Waals surface area contributed by atoms with Gasteiger partial charge in [0.05, 0.1) is 11.2 Å². The number of nitrogens with one attached hydrogen (secondary N) is 1. The van der Waals surface area contributed by atoms with E-state index in [1.807, 2.05) is 0 Å². The largest absolute Gasteiger partial charge is 0.506 e. The van der Waals surface area contributed by atoms with Crippen LogP contribution in [0.1, 0.15) is 12.1 Å². The number of hydrogen-bond acceptors (Lipinski definition) is 5. The maximum absolute atomic E-state index is 13.2. The lowest BCUT2D eigenvalue weighted by molar-refractivity contribution is 0.146. The molecule has 3 rings (SSSR count). The van der Waals surface area contributed by atoms with Crippen molar-refractivity contribution < 1.29 is 13.9 Å². The number of aromatic nitrogens is 3. The number of aromatic hydroxyl groups is 1. The highest BCUT2D eigenvalue weighted by atomic mass is 35.5. The number of pyridine rings is 1. The van der Waals surface area contributed by atoms with E-state index in [1.165, 1.54) is 32.3 Å². The van der Waals surface area contributed by atoms with Gasteiger partial charge >= 0.3 is 5.69 Å². The van der Waals surface area contributed by atoms with Crippen LogP contribution in [0.2, 0.25) is 5.02 Å². The first-order valence-electron chi connectivity index (χ1n) is 7.35. The summed E-state index contributed by atoms with van der Waals surface area (Å²) in [6.45, 7) is 0. The first kappa shape index (κ1) is 17.9. The predicted molar refractivity (Wildman–Crippen MR) is 93.6 cm³/mol. The summed E-state index contributed by atoms with van der Waals surface area (Å²) in [4.78, 5) is 28.5. The summed E-state index contributed by atoms with van der Waals surface area (Å²) >= 11 is 6.00. The van der Waals surface area contributed by atoms with Crippen LogP contribution < -0.4 is 16.6 Å². The molecule has 2 N–H and O–H groups in total. The third-order valence-corrected chi connectivity index (χ3v) is 4.32. The Bertz CT molecular complexity index is 1140. The highest BCUT2D eigenvalue weighted by molar-refractivity contribution is 6.34. The van der Waals surface area contributed by atoms with E-state index in [9.17, 15) is 23.5 Å². The lowest BCUT2D eigenvalue weighted by Gasteiger charge is -2.15. The van der Waals surface area contributed by atoms with Crippen LogP contribution in [-0.4, -0.2) is 19.2 Å². The van der Waals surface area contributed by atoms with Gasteiger partial charge in [-0.2, -0.15) is 0 Å². The molecule has 0 saturated carbocycles.